The van der Waals surface area contributed by atoms with Crippen LogP contribution in [0.5, 0.6) is 0 Å². The minimum Gasteiger partial charge on any atom is -0.465 e. The molecule has 0 bridgehead atoms. The van der Waals surface area contributed by atoms with E-state index in [9.17, 15) is 9.59 Å². The maximum Gasteiger partial charge on any atom is 0.344 e. The molecule has 0 fully saturated rings. The molecule has 0 saturated heterocycles. The average Bonchev–Trinajstić information content (AvgIpc) is 2.39. The molecule has 1 heterocycles. The first-order valence-electron chi connectivity index (χ1n) is 5.05. The van der Waals surface area contributed by atoms with E-state index in [0.29, 0.717) is 16.1 Å². The largest absolute Gasteiger partial charge is 0.465 e. The summed E-state index contributed by atoms with van der Waals surface area (Å²) in [6, 6.07) is 4.90. The zero-order valence-electron chi connectivity index (χ0n) is 9.44. The van der Waals surface area contributed by atoms with Gasteiger partial charge < -0.3 is 9.72 Å². The van der Waals surface area contributed by atoms with E-state index in [4.69, 9.17) is 11.6 Å². The van der Waals surface area contributed by atoms with E-state index in [0.717, 1.165) is 0 Å². The first kappa shape index (κ1) is 12.3. The summed E-state index contributed by atoms with van der Waals surface area (Å²) in [6.07, 6.45) is 2.93. The Kier molecular flexibility index (Phi) is 3.43. The first-order valence-corrected chi connectivity index (χ1v) is 5.42. The van der Waals surface area contributed by atoms with Crippen LogP contribution in [-0.4, -0.2) is 23.0 Å². The van der Waals surface area contributed by atoms with Crippen LogP contribution in [0.2, 0.25) is 5.02 Å². The number of methoxy groups -OCH3 is 1. The summed E-state index contributed by atoms with van der Waals surface area (Å²) >= 11 is 5.91. The molecule has 5 nitrogen and oxygen atoms in total. The highest BCUT2D eigenvalue weighted by Crippen LogP contribution is 2.24. The minimum atomic E-state index is -0.515. The fraction of sp³-hybridized carbons (Fsp3) is 0.0833. The molecule has 2 aromatic rings. The maximum atomic E-state index is 11.5. The summed E-state index contributed by atoms with van der Waals surface area (Å²) in [7, 11) is 1.28. The number of aromatic nitrogens is 2. The molecular formula is C12H9ClN2O3. The SMILES string of the molecule is COC(=O)c1cc(-c2cnc(=O)[nH]c2)ccc1Cl. The second kappa shape index (κ2) is 5.01. The molecule has 18 heavy (non-hydrogen) atoms. The van der Waals surface area contributed by atoms with Crippen molar-refractivity contribution in [2.45, 2.75) is 0 Å². The molecule has 92 valence electrons. The number of benzene rings is 1. The van der Waals surface area contributed by atoms with E-state index in [1.54, 1.807) is 18.2 Å². The minimum absolute atomic E-state index is 0.267. The van der Waals surface area contributed by atoms with Crippen molar-refractivity contribution in [3.63, 3.8) is 0 Å². The van der Waals surface area contributed by atoms with Crippen molar-refractivity contribution < 1.29 is 9.53 Å². The van der Waals surface area contributed by atoms with E-state index in [2.05, 4.69) is 14.7 Å². The summed E-state index contributed by atoms with van der Waals surface area (Å²) in [6.45, 7) is 0. The number of carbonyl (C=O) groups is 1. The number of hydrogen-bond donors (Lipinski definition) is 1. The quantitative estimate of drug-likeness (QED) is 0.841. The smallest absolute Gasteiger partial charge is 0.344 e. The Bertz CT molecular complexity index is 632. The molecule has 0 radical (unpaired) electrons. The number of nitrogens with zero attached hydrogens (tertiary/aromatic N) is 1. The number of ether oxygens (including phenoxy) is 1. The van der Waals surface area contributed by atoms with E-state index < -0.39 is 11.7 Å². The second-order valence-electron chi connectivity index (χ2n) is 3.49. The van der Waals surface area contributed by atoms with E-state index in [1.165, 1.54) is 19.5 Å². The molecule has 1 N–H and O–H groups in total. The molecule has 1 aromatic carbocycles. The topological polar surface area (TPSA) is 72.0 Å². The van der Waals surface area contributed by atoms with Crippen molar-refractivity contribution in [2.75, 3.05) is 7.11 Å². The second-order valence-corrected chi connectivity index (χ2v) is 3.90. The number of hydrogen-bond acceptors (Lipinski definition) is 4. The van der Waals surface area contributed by atoms with Crippen LogP contribution in [0.3, 0.4) is 0 Å². The third-order valence-corrected chi connectivity index (χ3v) is 2.71. The van der Waals surface area contributed by atoms with Crippen LogP contribution in [0.1, 0.15) is 10.4 Å². The van der Waals surface area contributed by atoms with Crippen LogP contribution < -0.4 is 5.69 Å². The Labute approximate surface area is 107 Å². The normalized spacial score (nSPS) is 10.1. The van der Waals surface area contributed by atoms with Crippen molar-refractivity contribution in [2.24, 2.45) is 0 Å². The number of nitrogens with one attached hydrogen (secondary N) is 1. The number of rotatable bonds is 2. The van der Waals surface area contributed by atoms with Gasteiger partial charge in [-0.05, 0) is 17.7 Å². The molecule has 1 aromatic heterocycles. The molecule has 0 aliphatic rings. The van der Waals surface area contributed by atoms with Crippen LogP contribution in [0, 0.1) is 0 Å². The summed E-state index contributed by atoms with van der Waals surface area (Å²) in [5.41, 5.74) is 1.23. The highest BCUT2D eigenvalue weighted by molar-refractivity contribution is 6.33. The Balaban J connectivity index is 2.50. The van der Waals surface area contributed by atoms with Crippen molar-refractivity contribution in [3.8, 4) is 11.1 Å². The lowest BCUT2D eigenvalue weighted by molar-refractivity contribution is 0.0601. The summed E-state index contributed by atoms with van der Waals surface area (Å²) in [4.78, 5) is 28.4. The standard InChI is InChI=1S/C12H9ClN2O3/c1-18-11(16)9-4-7(2-3-10(9)13)8-5-14-12(17)15-6-8/h2-6H,1H3,(H,14,15,17). The highest BCUT2D eigenvalue weighted by atomic mass is 35.5. The summed E-state index contributed by atoms with van der Waals surface area (Å²) < 4.78 is 4.63. The van der Waals surface area contributed by atoms with Gasteiger partial charge in [0.25, 0.3) is 0 Å². The predicted molar refractivity (Wildman–Crippen MR) is 66.6 cm³/mol. The molecule has 0 aliphatic carbocycles. The van der Waals surface area contributed by atoms with Gasteiger partial charge in [0, 0.05) is 18.0 Å². The van der Waals surface area contributed by atoms with E-state index in [-0.39, 0.29) is 5.56 Å². The number of aromatic amines is 1. The van der Waals surface area contributed by atoms with Gasteiger partial charge in [-0.15, -0.1) is 0 Å². The summed E-state index contributed by atoms with van der Waals surface area (Å²) in [5, 5.41) is 0.308. The van der Waals surface area contributed by atoms with Crippen LogP contribution in [-0.2, 0) is 4.74 Å². The van der Waals surface area contributed by atoms with Gasteiger partial charge in [0.05, 0.1) is 17.7 Å². The van der Waals surface area contributed by atoms with E-state index >= 15 is 0 Å². The van der Waals surface area contributed by atoms with Crippen LogP contribution in [0.4, 0.5) is 0 Å². The molecule has 2 rings (SSSR count). The Morgan fingerprint density at radius 1 is 1.39 bits per heavy atom. The lowest BCUT2D eigenvalue weighted by Gasteiger charge is -2.05. The molecular weight excluding hydrogens is 256 g/mol. The van der Waals surface area contributed by atoms with Gasteiger partial charge in [-0.3, -0.25) is 0 Å². The third-order valence-electron chi connectivity index (χ3n) is 2.38. The third kappa shape index (κ3) is 2.41. The van der Waals surface area contributed by atoms with Gasteiger partial charge in [0.1, 0.15) is 0 Å². The molecule has 0 atom stereocenters. The van der Waals surface area contributed by atoms with Gasteiger partial charge in [-0.2, -0.15) is 0 Å². The molecule has 6 heteroatoms. The van der Waals surface area contributed by atoms with Crippen molar-refractivity contribution >= 4 is 17.6 Å². The molecule has 0 amide bonds. The zero-order chi connectivity index (χ0) is 13.1. The lowest BCUT2D eigenvalue weighted by Crippen LogP contribution is -2.08. The fourth-order valence-electron chi connectivity index (χ4n) is 1.47. The Hall–Kier alpha value is -2.14. The Morgan fingerprint density at radius 3 is 2.78 bits per heavy atom. The van der Waals surface area contributed by atoms with Gasteiger partial charge in [-0.25, -0.2) is 14.6 Å². The number of carbonyl (C=O) groups excluding carboxylic acids is 1. The van der Waals surface area contributed by atoms with E-state index in [1.807, 2.05) is 0 Å². The van der Waals surface area contributed by atoms with Gasteiger partial charge >= 0.3 is 11.7 Å². The van der Waals surface area contributed by atoms with Crippen molar-refractivity contribution in [1.82, 2.24) is 9.97 Å². The average molecular weight is 265 g/mol. The van der Waals surface area contributed by atoms with Crippen molar-refractivity contribution in [3.05, 3.63) is 51.7 Å². The fourth-order valence-corrected chi connectivity index (χ4v) is 1.67. The van der Waals surface area contributed by atoms with Crippen LogP contribution >= 0.6 is 11.6 Å². The number of H-pyrrole nitrogens is 1. The number of halogens is 1. The lowest BCUT2D eigenvalue weighted by atomic mass is 10.1. The molecule has 0 aliphatic heterocycles. The Morgan fingerprint density at radius 2 is 2.17 bits per heavy atom. The van der Waals surface area contributed by atoms with Gasteiger partial charge in [-0.1, -0.05) is 17.7 Å². The predicted octanol–water partition coefficient (Wildman–Crippen LogP) is 1.88. The van der Waals surface area contributed by atoms with Crippen LogP contribution in [0.15, 0.2) is 35.4 Å². The monoisotopic (exact) mass is 264 g/mol. The maximum absolute atomic E-state index is 11.5. The molecule has 0 saturated carbocycles. The molecule has 0 spiro atoms. The summed E-state index contributed by atoms with van der Waals surface area (Å²) in [5.74, 6) is -0.515. The van der Waals surface area contributed by atoms with Gasteiger partial charge in [0.15, 0.2) is 0 Å². The van der Waals surface area contributed by atoms with Crippen LogP contribution in [0.25, 0.3) is 11.1 Å². The van der Waals surface area contributed by atoms with Crippen molar-refractivity contribution in [1.29, 1.82) is 0 Å². The first-order chi connectivity index (χ1) is 8.61. The highest BCUT2D eigenvalue weighted by Gasteiger charge is 2.12. The molecule has 0 unspecified atom stereocenters. The van der Waals surface area contributed by atoms with Gasteiger partial charge in [0.2, 0.25) is 0 Å². The zero-order valence-corrected chi connectivity index (χ0v) is 10.2. The number of esters is 1.